The van der Waals surface area contributed by atoms with Gasteiger partial charge < -0.3 is 10.9 Å². The highest BCUT2D eigenvalue weighted by Gasteiger charge is 2.02. The molecule has 0 saturated carbocycles. The predicted octanol–water partition coefficient (Wildman–Crippen LogP) is 6.41. The van der Waals surface area contributed by atoms with E-state index in [-0.39, 0.29) is 12.1 Å². The highest BCUT2D eigenvalue weighted by Crippen LogP contribution is 2.09. The molecule has 0 amide bonds. The summed E-state index contributed by atoms with van der Waals surface area (Å²) in [5.74, 6) is 0.00412. The molecule has 3 heteroatoms. The molecule has 128 valence electrons. The Kier molecular flexibility index (Phi) is 21.0. The number of ether oxygens (including phenoxy) is 1. The van der Waals surface area contributed by atoms with Crippen LogP contribution in [-0.4, -0.2) is 12.6 Å². The van der Waals surface area contributed by atoms with Crippen LogP contribution in [0.3, 0.4) is 0 Å². The molecule has 0 aromatic heterocycles. The lowest BCUT2D eigenvalue weighted by molar-refractivity contribution is -0.143. The van der Waals surface area contributed by atoms with E-state index in [9.17, 15) is 4.79 Å². The van der Waals surface area contributed by atoms with Gasteiger partial charge in [-0.05, 0) is 12.8 Å². The molecule has 0 spiro atoms. The van der Waals surface area contributed by atoms with E-state index < -0.39 is 0 Å². The van der Waals surface area contributed by atoms with Crippen LogP contribution in [0, 0.1) is 0 Å². The molecule has 0 aliphatic heterocycles. The van der Waals surface area contributed by atoms with Crippen molar-refractivity contribution in [2.24, 2.45) is 0 Å². The smallest absolute Gasteiger partial charge is 0.305 e. The fourth-order valence-corrected chi connectivity index (χ4v) is 2.37. The van der Waals surface area contributed by atoms with E-state index in [2.05, 4.69) is 13.8 Å². The van der Waals surface area contributed by atoms with E-state index in [1.807, 2.05) is 0 Å². The zero-order valence-corrected chi connectivity index (χ0v) is 14.9. The topological polar surface area (TPSA) is 62.8 Å². The highest BCUT2D eigenvalue weighted by atomic mass is 16.5. The molecule has 4 N–H and O–H groups in total. The Bertz CT molecular complexity index is 207. The van der Waals surface area contributed by atoms with E-state index in [4.69, 9.17) is 4.74 Å². The minimum absolute atomic E-state index is 0. The van der Waals surface area contributed by atoms with E-state index >= 15 is 0 Å². The van der Waals surface area contributed by atoms with Gasteiger partial charge in [-0.2, -0.15) is 0 Å². The van der Waals surface area contributed by atoms with Crippen molar-refractivity contribution in [1.29, 1.82) is 0 Å². The Balaban J connectivity index is 0. The minimum Gasteiger partial charge on any atom is -0.466 e. The van der Waals surface area contributed by atoms with Crippen molar-refractivity contribution in [3.63, 3.8) is 0 Å². The molecule has 21 heavy (non-hydrogen) atoms. The molecule has 0 fully saturated rings. The van der Waals surface area contributed by atoms with Crippen molar-refractivity contribution in [2.45, 2.75) is 104 Å². The first-order valence-electron chi connectivity index (χ1n) is 8.96. The summed E-state index contributed by atoms with van der Waals surface area (Å²) in [6, 6.07) is 0. The summed E-state index contributed by atoms with van der Waals surface area (Å²) in [6.07, 6.45) is 16.9. The van der Waals surface area contributed by atoms with E-state index in [1.54, 1.807) is 0 Å². The van der Waals surface area contributed by atoms with Gasteiger partial charge in [0.05, 0.1) is 6.61 Å². The molecule has 0 heterocycles. The highest BCUT2D eigenvalue weighted by molar-refractivity contribution is 5.69. The molecular weight excluding hydrogens is 262 g/mol. The largest absolute Gasteiger partial charge is 0.466 e. The predicted molar refractivity (Wildman–Crippen MR) is 92.9 cm³/mol. The summed E-state index contributed by atoms with van der Waals surface area (Å²) in [7, 11) is 0. The Morgan fingerprint density at radius 3 is 1.62 bits per heavy atom. The second-order valence-corrected chi connectivity index (χ2v) is 5.86. The number of hydrogen-bond acceptors (Lipinski definition) is 2. The molecule has 0 aromatic rings. The van der Waals surface area contributed by atoms with Gasteiger partial charge in [-0.1, -0.05) is 84.5 Å². The molecule has 0 radical (unpaired) electrons. The lowest BCUT2D eigenvalue weighted by Gasteiger charge is -2.05. The standard InChI is InChI=1S/C18H36O2.H3N/c1-3-5-7-9-10-11-13-15-17-20-18(19)16-14-12-8-6-4-2;/h3-17H2,1-2H3;1H3/p+1. The molecule has 0 rings (SSSR count). The Labute approximate surface area is 132 Å². The quantitative estimate of drug-likeness (QED) is 0.281. The van der Waals surface area contributed by atoms with Gasteiger partial charge in [-0.15, -0.1) is 0 Å². The molecule has 0 aliphatic rings. The van der Waals surface area contributed by atoms with Gasteiger partial charge in [0, 0.05) is 6.42 Å². The Hall–Kier alpha value is -0.570. The van der Waals surface area contributed by atoms with Crippen LogP contribution in [0.4, 0.5) is 0 Å². The van der Waals surface area contributed by atoms with Crippen molar-refractivity contribution >= 4 is 5.97 Å². The fourth-order valence-electron chi connectivity index (χ4n) is 2.37. The molecule has 0 aliphatic carbocycles. The minimum atomic E-state index is 0. The maximum absolute atomic E-state index is 11.5. The SMILES string of the molecule is CCCCCCCCCCOC(=O)CCCCCCC.[NH4+]. The second-order valence-electron chi connectivity index (χ2n) is 5.86. The van der Waals surface area contributed by atoms with Crippen LogP contribution in [0.2, 0.25) is 0 Å². The molecular formula is C18H40NO2+. The first kappa shape index (κ1) is 22.7. The summed E-state index contributed by atoms with van der Waals surface area (Å²) in [6.45, 7) is 5.08. The molecule has 0 atom stereocenters. The maximum atomic E-state index is 11.5. The van der Waals surface area contributed by atoms with Crippen molar-refractivity contribution in [3.8, 4) is 0 Å². The Morgan fingerprint density at radius 2 is 1.10 bits per heavy atom. The van der Waals surface area contributed by atoms with Gasteiger partial charge in [-0.3, -0.25) is 4.79 Å². The summed E-state index contributed by atoms with van der Waals surface area (Å²) >= 11 is 0. The second kappa shape index (κ2) is 19.4. The van der Waals surface area contributed by atoms with E-state index in [0.717, 1.165) is 12.8 Å². The van der Waals surface area contributed by atoms with Gasteiger partial charge in [0.25, 0.3) is 0 Å². The summed E-state index contributed by atoms with van der Waals surface area (Å²) in [5.41, 5.74) is 0. The number of carbonyl (C=O) groups excluding carboxylic acids is 1. The van der Waals surface area contributed by atoms with Crippen molar-refractivity contribution in [3.05, 3.63) is 0 Å². The van der Waals surface area contributed by atoms with Gasteiger partial charge in [0.15, 0.2) is 0 Å². The number of unbranched alkanes of at least 4 members (excludes halogenated alkanes) is 11. The van der Waals surface area contributed by atoms with Gasteiger partial charge in [-0.25, -0.2) is 0 Å². The van der Waals surface area contributed by atoms with Crippen LogP contribution in [0.15, 0.2) is 0 Å². The first-order chi connectivity index (χ1) is 9.81. The number of carbonyl (C=O) groups is 1. The van der Waals surface area contributed by atoms with Crippen LogP contribution >= 0.6 is 0 Å². The molecule has 3 nitrogen and oxygen atoms in total. The number of hydrogen-bond donors (Lipinski definition) is 1. The molecule has 0 bridgehead atoms. The zero-order valence-electron chi connectivity index (χ0n) is 14.9. The van der Waals surface area contributed by atoms with Gasteiger partial charge in [0.2, 0.25) is 0 Å². The van der Waals surface area contributed by atoms with Gasteiger partial charge in [0.1, 0.15) is 0 Å². The van der Waals surface area contributed by atoms with Crippen molar-refractivity contribution in [1.82, 2.24) is 6.15 Å². The molecule has 0 unspecified atom stereocenters. The van der Waals surface area contributed by atoms with Crippen LogP contribution in [0.1, 0.15) is 104 Å². The average Bonchev–Trinajstić information content (AvgIpc) is 2.45. The van der Waals surface area contributed by atoms with Crippen LogP contribution in [-0.2, 0) is 9.53 Å². The third-order valence-electron chi connectivity index (χ3n) is 3.75. The van der Waals surface area contributed by atoms with Crippen LogP contribution < -0.4 is 6.15 Å². The summed E-state index contributed by atoms with van der Waals surface area (Å²) in [5, 5.41) is 0. The van der Waals surface area contributed by atoms with Crippen molar-refractivity contribution < 1.29 is 9.53 Å². The average molecular weight is 303 g/mol. The van der Waals surface area contributed by atoms with Crippen LogP contribution in [0.25, 0.3) is 0 Å². The third-order valence-corrected chi connectivity index (χ3v) is 3.75. The zero-order chi connectivity index (χ0) is 14.9. The van der Waals surface area contributed by atoms with Crippen LogP contribution in [0.5, 0.6) is 0 Å². The lowest BCUT2D eigenvalue weighted by atomic mass is 10.1. The van der Waals surface area contributed by atoms with E-state index in [0.29, 0.717) is 13.0 Å². The lowest BCUT2D eigenvalue weighted by Crippen LogP contribution is -2.05. The third kappa shape index (κ3) is 19.4. The molecule has 0 saturated heterocycles. The first-order valence-corrected chi connectivity index (χ1v) is 8.96. The fraction of sp³-hybridized carbons (Fsp3) is 0.944. The summed E-state index contributed by atoms with van der Waals surface area (Å²) < 4.78 is 5.25. The monoisotopic (exact) mass is 302 g/mol. The van der Waals surface area contributed by atoms with Crippen molar-refractivity contribution in [2.75, 3.05) is 6.61 Å². The maximum Gasteiger partial charge on any atom is 0.305 e. The normalized spacial score (nSPS) is 10.2. The summed E-state index contributed by atoms with van der Waals surface area (Å²) in [4.78, 5) is 11.5. The van der Waals surface area contributed by atoms with Gasteiger partial charge >= 0.3 is 5.97 Å². The Morgan fingerprint density at radius 1 is 0.667 bits per heavy atom. The number of rotatable bonds is 15. The number of esters is 1. The van der Waals surface area contributed by atoms with E-state index in [1.165, 1.54) is 70.6 Å². The molecule has 0 aromatic carbocycles. The number of quaternary nitrogens is 1.